The summed E-state index contributed by atoms with van der Waals surface area (Å²) >= 11 is 0. The van der Waals surface area contributed by atoms with E-state index in [4.69, 9.17) is 4.74 Å². The molecular formula is C19H22FN3O3. The van der Waals surface area contributed by atoms with Crippen molar-refractivity contribution in [3.63, 3.8) is 0 Å². The lowest BCUT2D eigenvalue weighted by molar-refractivity contribution is -0.120. The van der Waals surface area contributed by atoms with Crippen LogP contribution in [0.15, 0.2) is 48.5 Å². The molecule has 0 aliphatic rings. The maximum Gasteiger partial charge on any atom is 0.255 e. The Kier molecular flexibility index (Phi) is 7.73. The molecule has 0 fully saturated rings. The Morgan fingerprint density at radius 3 is 2.62 bits per heavy atom. The van der Waals surface area contributed by atoms with Crippen LogP contribution >= 0.6 is 0 Å². The maximum atomic E-state index is 12.9. The lowest BCUT2D eigenvalue weighted by atomic mass is 10.1. The number of halogens is 1. The molecule has 0 bridgehead atoms. The van der Waals surface area contributed by atoms with Crippen LogP contribution in [-0.2, 0) is 16.1 Å². The second-order valence-electron chi connectivity index (χ2n) is 5.61. The largest absolute Gasteiger partial charge is 0.383 e. The molecule has 2 rings (SSSR count). The summed E-state index contributed by atoms with van der Waals surface area (Å²) in [5.41, 5.74) is 1.82. The first kappa shape index (κ1) is 19.6. The zero-order chi connectivity index (χ0) is 18.8. The summed E-state index contributed by atoms with van der Waals surface area (Å²) in [4.78, 5) is 23.9. The first-order chi connectivity index (χ1) is 12.6. The third kappa shape index (κ3) is 6.62. The molecule has 3 N–H and O–H groups in total. The molecule has 2 aromatic rings. The van der Waals surface area contributed by atoms with Crippen LogP contribution in [0.4, 0.5) is 10.1 Å². The third-order valence-corrected chi connectivity index (χ3v) is 3.55. The molecule has 2 amide bonds. The van der Waals surface area contributed by atoms with E-state index in [0.29, 0.717) is 30.9 Å². The van der Waals surface area contributed by atoms with Crippen molar-refractivity contribution in [3.8, 4) is 0 Å². The predicted molar refractivity (Wildman–Crippen MR) is 97.4 cm³/mol. The Morgan fingerprint density at radius 1 is 1.12 bits per heavy atom. The molecule has 2 aromatic carbocycles. The molecule has 0 spiro atoms. The third-order valence-electron chi connectivity index (χ3n) is 3.55. The summed E-state index contributed by atoms with van der Waals surface area (Å²) in [7, 11) is 1.60. The Hall–Kier alpha value is -2.77. The predicted octanol–water partition coefficient (Wildman–Crippen LogP) is 1.93. The molecular weight excluding hydrogens is 337 g/mol. The van der Waals surface area contributed by atoms with Gasteiger partial charge in [-0.05, 0) is 42.0 Å². The van der Waals surface area contributed by atoms with Crippen LogP contribution in [0, 0.1) is 5.82 Å². The number of anilines is 1. The van der Waals surface area contributed by atoms with Gasteiger partial charge in [0.25, 0.3) is 5.91 Å². The lowest BCUT2D eigenvalue weighted by Crippen LogP contribution is -2.34. The number of nitrogens with one attached hydrogen (secondary N) is 3. The van der Waals surface area contributed by atoms with E-state index >= 15 is 0 Å². The van der Waals surface area contributed by atoms with Gasteiger partial charge in [-0.2, -0.15) is 0 Å². The average molecular weight is 359 g/mol. The van der Waals surface area contributed by atoms with Gasteiger partial charge in [0.2, 0.25) is 5.91 Å². The molecule has 26 heavy (non-hydrogen) atoms. The number of amides is 2. The molecule has 0 aliphatic carbocycles. The van der Waals surface area contributed by atoms with E-state index in [2.05, 4.69) is 16.0 Å². The summed E-state index contributed by atoms with van der Waals surface area (Å²) in [5, 5.41) is 8.51. The number of hydrogen-bond acceptors (Lipinski definition) is 4. The Balaban J connectivity index is 1.84. The molecule has 7 heteroatoms. The van der Waals surface area contributed by atoms with Crippen molar-refractivity contribution in [2.45, 2.75) is 6.54 Å². The Labute approximate surface area is 151 Å². The van der Waals surface area contributed by atoms with Crippen LogP contribution in [-0.4, -0.2) is 38.6 Å². The zero-order valence-corrected chi connectivity index (χ0v) is 14.5. The molecule has 0 heterocycles. The normalized spacial score (nSPS) is 10.4. The second-order valence-corrected chi connectivity index (χ2v) is 5.61. The minimum Gasteiger partial charge on any atom is -0.383 e. The molecule has 138 valence electrons. The fourth-order valence-electron chi connectivity index (χ4n) is 2.20. The fourth-order valence-corrected chi connectivity index (χ4v) is 2.20. The lowest BCUT2D eigenvalue weighted by Gasteiger charge is -2.09. The molecule has 0 saturated heterocycles. The molecule has 0 aromatic heterocycles. The van der Waals surface area contributed by atoms with Crippen LogP contribution in [0.1, 0.15) is 15.9 Å². The number of ether oxygens (including phenoxy) is 1. The van der Waals surface area contributed by atoms with E-state index in [1.807, 2.05) is 6.07 Å². The maximum absolute atomic E-state index is 12.9. The van der Waals surface area contributed by atoms with Gasteiger partial charge >= 0.3 is 0 Å². The van der Waals surface area contributed by atoms with Crippen LogP contribution in [0.5, 0.6) is 0 Å². The smallest absolute Gasteiger partial charge is 0.255 e. The number of methoxy groups -OCH3 is 1. The second kappa shape index (κ2) is 10.3. The van der Waals surface area contributed by atoms with Crippen molar-refractivity contribution in [2.24, 2.45) is 0 Å². The highest BCUT2D eigenvalue weighted by Crippen LogP contribution is 2.13. The monoisotopic (exact) mass is 359 g/mol. The number of carbonyl (C=O) groups excluding carboxylic acids is 2. The summed E-state index contributed by atoms with van der Waals surface area (Å²) in [5.74, 6) is -0.841. The molecule has 0 aliphatic heterocycles. The number of benzene rings is 2. The van der Waals surface area contributed by atoms with Gasteiger partial charge in [-0.1, -0.05) is 12.1 Å². The van der Waals surface area contributed by atoms with E-state index < -0.39 is 5.82 Å². The number of carbonyl (C=O) groups is 2. The van der Waals surface area contributed by atoms with E-state index in [-0.39, 0.29) is 18.4 Å². The van der Waals surface area contributed by atoms with Gasteiger partial charge in [0.05, 0.1) is 13.2 Å². The fraction of sp³-hybridized carbons (Fsp3) is 0.263. The highest BCUT2D eigenvalue weighted by molar-refractivity contribution is 6.04. The van der Waals surface area contributed by atoms with Gasteiger partial charge in [-0.25, -0.2) is 4.39 Å². The first-order valence-corrected chi connectivity index (χ1v) is 8.20. The number of hydrogen-bond donors (Lipinski definition) is 3. The SMILES string of the molecule is COCCNCC(=O)NCc1cccc(NC(=O)c2ccc(F)cc2)c1. The van der Waals surface area contributed by atoms with E-state index in [0.717, 1.165) is 5.56 Å². The van der Waals surface area contributed by atoms with E-state index in [9.17, 15) is 14.0 Å². The highest BCUT2D eigenvalue weighted by atomic mass is 19.1. The van der Waals surface area contributed by atoms with Gasteiger partial charge < -0.3 is 20.7 Å². The molecule has 0 atom stereocenters. The van der Waals surface area contributed by atoms with Gasteiger partial charge in [0.1, 0.15) is 5.82 Å². The molecule has 0 saturated carbocycles. The van der Waals surface area contributed by atoms with Gasteiger partial charge in [-0.3, -0.25) is 9.59 Å². The standard InChI is InChI=1S/C19H22FN3O3/c1-26-10-9-21-13-18(24)22-12-14-3-2-4-17(11-14)23-19(25)15-5-7-16(20)8-6-15/h2-8,11,21H,9-10,12-13H2,1H3,(H,22,24)(H,23,25). The minimum atomic E-state index is -0.393. The van der Waals surface area contributed by atoms with Crippen molar-refractivity contribution in [2.75, 3.05) is 32.1 Å². The average Bonchev–Trinajstić information content (AvgIpc) is 2.64. The minimum absolute atomic E-state index is 0.123. The van der Waals surface area contributed by atoms with Gasteiger partial charge in [-0.15, -0.1) is 0 Å². The number of rotatable bonds is 9. The molecule has 0 unspecified atom stereocenters. The van der Waals surface area contributed by atoms with Crippen molar-refractivity contribution in [1.82, 2.24) is 10.6 Å². The van der Waals surface area contributed by atoms with E-state index in [1.165, 1.54) is 24.3 Å². The van der Waals surface area contributed by atoms with Crippen molar-refractivity contribution in [1.29, 1.82) is 0 Å². The molecule has 6 nitrogen and oxygen atoms in total. The summed E-state index contributed by atoms with van der Waals surface area (Å²) < 4.78 is 17.8. The van der Waals surface area contributed by atoms with Crippen LogP contribution < -0.4 is 16.0 Å². The Bertz CT molecular complexity index is 735. The molecule has 0 radical (unpaired) electrons. The van der Waals surface area contributed by atoms with Gasteiger partial charge in [0.15, 0.2) is 0 Å². The van der Waals surface area contributed by atoms with E-state index in [1.54, 1.807) is 25.3 Å². The highest BCUT2D eigenvalue weighted by Gasteiger charge is 2.07. The topological polar surface area (TPSA) is 79.5 Å². The van der Waals surface area contributed by atoms with Gasteiger partial charge in [0, 0.05) is 31.5 Å². The van der Waals surface area contributed by atoms with Crippen molar-refractivity contribution in [3.05, 3.63) is 65.5 Å². The summed E-state index contributed by atoms with van der Waals surface area (Å²) in [6.45, 7) is 1.72. The summed E-state index contributed by atoms with van der Waals surface area (Å²) in [6, 6.07) is 12.5. The van der Waals surface area contributed by atoms with Crippen molar-refractivity contribution >= 4 is 17.5 Å². The zero-order valence-electron chi connectivity index (χ0n) is 14.5. The van der Waals surface area contributed by atoms with Crippen molar-refractivity contribution < 1.29 is 18.7 Å². The first-order valence-electron chi connectivity index (χ1n) is 8.20. The Morgan fingerprint density at radius 2 is 1.88 bits per heavy atom. The quantitative estimate of drug-likeness (QED) is 0.598. The summed E-state index contributed by atoms with van der Waals surface area (Å²) in [6.07, 6.45) is 0. The van der Waals surface area contributed by atoms with Crippen LogP contribution in [0.25, 0.3) is 0 Å². The van der Waals surface area contributed by atoms with Crippen LogP contribution in [0.3, 0.4) is 0 Å². The van der Waals surface area contributed by atoms with Crippen LogP contribution in [0.2, 0.25) is 0 Å².